The summed E-state index contributed by atoms with van der Waals surface area (Å²) in [5, 5.41) is 11.5. The normalized spacial score (nSPS) is 11.9. The Hall–Kier alpha value is -2.21. The standard InChI is InChI=1S/C17H16FNO3S/c1-23-13-5-2-11(3-6-13)12-4-7-14(15(18)10-12)16(19-22)8-9-17(20)21/h2-7,10,16H,8-9H2,1H3,(H,20,21). The van der Waals surface area contributed by atoms with E-state index in [2.05, 4.69) is 5.18 Å². The average Bonchev–Trinajstić information content (AvgIpc) is 2.56. The lowest BCUT2D eigenvalue weighted by atomic mass is 9.98. The van der Waals surface area contributed by atoms with Crippen LogP contribution in [0.3, 0.4) is 0 Å². The van der Waals surface area contributed by atoms with Crippen molar-refractivity contribution in [2.75, 3.05) is 6.26 Å². The van der Waals surface area contributed by atoms with Crippen molar-refractivity contribution in [1.82, 2.24) is 0 Å². The van der Waals surface area contributed by atoms with Crippen LogP contribution in [-0.2, 0) is 4.79 Å². The minimum Gasteiger partial charge on any atom is -0.481 e. The molecule has 0 heterocycles. The summed E-state index contributed by atoms with van der Waals surface area (Å²) in [6.07, 6.45) is 1.73. The highest BCUT2D eigenvalue weighted by Crippen LogP contribution is 2.30. The number of aliphatic carboxylic acids is 1. The van der Waals surface area contributed by atoms with Crippen LogP contribution in [0, 0.1) is 10.7 Å². The highest BCUT2D eigenvalue weighted by molar-refractivity contribution is 7.98. The Labute approximate surface area is 137 Å². The minimum atomic E-state index is -1.04. The highest BCUT2D eigenvalue weighted by atomic mass is 32.2. The molecule has 0 saturated carbocycles. The molecule has 2 aromatic rings. The van der Waals surface area contributed by atoms with E-state index in [0.717, 1.165) is 10.5 Å². The number of nitrogens with zero attached hydrogens (tertiary/aromatic N) is 1. The third-order valence-corrected chi connectivity index (χ3v) is 4.29. The summed E-state index contributed by atoms with van der Waals surface area (Å²) in [5.74, 6) is -1.59. The zero-order valence-corrected chi connectivity index (χ0v) is 13.3. The maximum absolute atomic E-state index is 14.3. The Kier molecular flexibility index (Phi) is 5.87. The lowest BCUT2D eigenvalue weighted by Gasteiger charge is -2.11. The number of carboxylic acid groups (broad SMARTS) is 1. The van der Waals surface area contributed by atoms with Crippen LogP contribution in [-0.4, -0.2) is 17.3 Å². The van der Waals surface area contributed by atoms with Gasteiger partial charge in [0.2, 0.25) is 0 Å². The van der Waals surface area contributed by atoms with Crippen molar-refractivity contribution in [2.45, 2.75) is 23.8 Å². The molecule has 1 N–H and O–H groups in total. The molecule has 0 spiro atoms. The number of carbonyl (C=O) groups is 1. The molecule has 23 heavy (non-hydrogen) atoms. The fourth-order valence-electron chi connectivity index (χ4n) is 2.29. The summed E-state index contributed by atoms with van der Waals surface area (Å²) in [6, 6.07) is 11.3. The van der Waals surface area contributed by atoms with Crippen LogP contribution in [0.2, 0.25) is 0 Å². The van der Waals surface area contributed by atoms with Crippen molar-refractivity contribution in [2.24, 2.45) is 5.18 Å². The van der Waals surface area contributed by atoms with E-state index < -0.39 is 17.8 Å². The molecule has 1 atom stereocenters. The van der Waals surface area contributed by atoms with E-state index in [0.29, 0.717) is 5.56 Å². The van der Waals surface area contributed by atoms with Crippen LogP contribution in [0.1, 0.15) is 24.4 Å². The molecule has 0 bridgehead atoms. The third-order valence-electron chi connectivity index (χ3n) is 3.54. The third kappa shape index (κ3) is 4.39. The van der Waals surface area contributed by atoms with Crippen molar-refractivity contribution in [3.8, 4) is 11.1 Å². The number of thioether (sulfide) groups is 1. The van der Waals surface area contributed by atoms with Gasteiger partial charge in [-0.25, -0.2) is 4.39 Å². The fraction of sp³-hybridized carbons (Fsp3) is 0.235. The maximum Gasteiger partial charge on any atom is 0.303 e. The second-order valence-corrected chi connectivity index (χ2v) is 5.90. The van der Waals surface area contributed by atoms with E-state index in [1.165, 1.54) is 12.1 Å². The molecule has 0 radical (unpaired) electrons. The van der Waals surface area contributed by atoms with Gasteiger partial charge in [0.15, 0.2) is 0 Å². The molecule has 0 aliphatic heterocycles. The van der Waals surface area contributed by atoms with Gasteiger partial charge < -0.3 is 5.11 Å². The Morgan fingerprint density at radius 3 is 2.39 bits per heavy atom. The van der Waals surface area contributed by atoms with E-state index >= 15 is 0 Å². The molecule has 2 aromatic carbocycles. The van der Waals surface area contributed by atoms with Gasteiger partial charge in [0.05, 0.1) is 0 Å². The number of halogens is 1. The fourth-order valence-corrected chi connectivity index (χ4v) is 2.69. The van der Waals surface area contributed by atoms with Gasteiger partial charge in [0, 0.05) is 16.9 Å². The molecule has 1 unspecified atom stereocenters. The van der Waals surface area contributed by atoms with Crippen molar-refractivity contribution >= 4 is 17.7 Å². The van der Waals surface area contributed by atoms with Gasteiger partial charge in [-0.05, 0) is 42.0 Å². The Morgan fingerprint density at radius 2 is 1.87 bits per heavy atom. The maximum atomic E-state index is 14.3. The topological polar surface area (TPSA) is 66.7 Å². The Balaban J connectivity index is 2.25. The number of hydrogen-bond acceptors (Lipinski definition) is 4. The molecular weight excluding hydrogens is 317 g/mol. The molecule has 0 aromatic heterocycles. The summed E-state index contributed by atoms with van der Waals surface area (Å²) in [4.78, 5) is 22.6. The molecule has 0 saturated heterocycles. The Bertz CT molecular complexity index is 703. The Morgan fingerprint density at radius 1 is 1.22 bits per heavy atom. The van der Waals surface area contributed by atoms with E-state index in [-0.39, 0.29) is 18.4 Å². The van der Waals surface area contributed by atoms with Crippen LogP contribution in [0.15, 0.2) is 52.5 Å². The zero-order valence-electron chi connectivity index (χ0n) is 12.5. The summed E-state index contributed by atoms with van der Waals surface area (Å²) >= 11 is 1.62. The predicted molar refractivity (Wildman–Crippen MR) is 89.0 cm³/mol. The van der Waals surface area contributed by atoms with Crippen molar-refractivity contribution in [3.05, 3.63) is 58.8 Å². The van der Waals surface area contributed by atoms with Gasteiger partial charge in [0.1, 0.15) is 11.9 Å². The second-order valence-electron chi connectivity index (χ2n) is 5.02. The smallest absolute Gasteiger partial charge is 0.303 e. The molecule has 4 nitrogen and oxygen atoms in total. The first-order valence-electron chi connectivity index (χ1n) is 7.03. The molecular formula is C17H16FNO3S. The molecule has 0 aliphatic carbocycles. The van der Waals surface area contributed by atoms with E-state index in [9.17, 15) is 14.1 Å². The minimum absolute atomic E-state index is 0.0163. The van der Waals surface area contributed by atoms with Crippen LogP contribution >= 0.6 is 11.8 Å². The number of hydrogen-bond donors (Lipinski definition) is 1. The molecule has 0 amide bonds. The first-order valence-corrected chi connectivity index (χ1v) is 8.25. The van der Waals surface area contributed by atoms with Crippen molar-refractivity contribution in [3.63, 3.8) is 0 Å². The van der Waals surface area contributed by atoms with Crippen LogP contribution in [0.4, 0.5) is 4.39 Å². The zero-order chi connectivity index (χ0) is 16.8. The summed E-state index contributed by atoms with van der Waals surface area (Å²) in [7, 11) is 0. The lowest BCUT2D eigenvalue weighted by molar-refractivity contribution is -0.137. The quantitative estimate of drug-likeness (QED) is 0.579. The molecule has 6 heteroatoms. The monoisotopic (exact) mass is 333 g/mol. The van der Waals surface area contributed by atoms with Gasteiger partial charge in [-0.2, -0.15) is 4.91 Å². The number of benzene rings is 2. The van der Waals surface area contributed by atoms with Gasteiger partial charge in [-0.1, -0.05) is 29.4 Å². The van der Waals surface area contributed by atoms with Crippen LogP contribution in [0.25, 0.3) is 11.1 Å². The predicted octanol–water partition coefficient (Wildman–Crippen LogP) is 4.89. The first kappa shape index (κ1) is 17.1. The highest BCUT2D eigenvalue weighted by Gasteiger charge is 2.18. The number of nitroso groups, excluding NO2 is 1. The second kappa shape index (κ2) is 7.87. The SMILES string of the molecule is CSc1ccc(-c2ccc(C(CCC(=O)O)N=O)c(F)c2)cc1. The summed E-state index contributed by atoms with van der Waals surface area (Å²) < 4.78 is 14.3. The van der Waals surface area contributed by atoms with Gasteiger partial charge in [0.25, 0.3) is 0 Å². The largest absolute Gasteiger partial charge is 0.481 e. The van der Waals surface area contributed by atoms with Gasteiger partial charge in [-0.3, -0.25) is 4.79 Å². The summed E-state index contributed by atoms with van der Waals surface area (Å²) in [5.41, 5.74) is 1.70. The number of carboxylic acids is 1. The average molecular weight is 333 g/mol. The van der Waals surface area contributed by atoms with Gasteiger partial charge >= 0.3 is 5.97 Å². The van der Waals surface area contributed by atoms with Crippen LogP contribution in [0.5, 0.6) is 0 Å². The first-order chi connectivity index (χ1) is 11.0. The lowest BCUT2D eigenvalue weighted by Crippen LogP contribution is -2.03. The van der Waals surface area contributed by atoms with Crippen LogP contribution < -0.4 is 0 Å². The van der Waals surface area contributed by atoms with Crippen molar-refractivity contribution in [1.29, 1.82) is 0 Å². The number of rotatable bonds is 7. The van der Waals surface area contributed by atoms with E-state index in [1.54, 1.807) is 17.8 Å². The molecule has 0 aliphatic rings. The van der Waals surface area contributed by atoms with Gasteiger partial charge in [-0.15, -0.1) is 11.8 Å². The molecule has 0 fully saturated rings. The molecule has 2 rings (SSSR count). The van der Waals surface area contributed by atoms with E-state index in [1.807, 2.05) is 30.5 Å². The molecule has 120 valence electrons. The van der Waals surface area contributed by atoms with E-state index in [4.69, 9.17) is 5.11 Å². The summed E-state index contributed by atoms with van der Waals surface area (Å²) in [6.45, 7) is 0. The van der Waals surface area contributed by atoms with Crippen molar-refractivity contribution < 1.29 is 14.3 Å².